The van der Waals surface area contributed by atoms with Crippen molar-refractivity contribution in [2.45, 2.75) is 18.9 Å². The highest BCUT2D eigenvalue weighted by atomic mass is 16.5. The van der Waals surface area contributed by atoms with Crippen LogP contribution >= 0.6 is 0 Å². The number of carboxylic acid groups (broad SMARTS) is 1. The Labute approximate surface area is 133 Å². The van der Waals surface area contributed by atoms with Gasteiger partial charge in [0.1, 0.15) is 0 Å². The van der Waals surface area contributed by atoms with Gasteiger partial charge in [-0.3, -0.25) is 9.59 Å². The van der Waals surface area contributed by atoms with Gasteiger partial charge in [0.05, 0.1) is 13.5 Å². The fourth-order valence-corrected chi connectivity index (χ4v) is 2.34. The van der Waals surface area contributed by atoms with Crippen molar-refractivity contribution in [3.05, 3.63) is 48.0 Å². The van der Waals surface area contributed by atoms with E-state index in [2.05, 4.69) is 5.32 Å². The fraction of sp³-hybridized carbons (Fsp3) is 0.235. The van der Waals surface area contributed by atoms with Gasteiger partial charge in [-0.05, 0) is 16.3 Å². The first-order valence-corrected chi connectivity index (χ1v) is 7.09. The molecule has 0 fully saturated rings. The maximum atomic E-state index is 12.1. The van der Waals surface area contributed by atoms with Crippen molar-refractivity contribution in [1.29, 1.82) is 0 Å². The Bertz CT molecular complexity index is 735. The number of hydrogen-bond donors (Lipinski definition) is 2. The molecule has 0 heterocycles. The van der Waals surface area contributed by atoms with E-state index in [1.54, 1.807) is 12.1 Å². The molecule has 0 aliphatic heterocycles. The molecule has 0 aliphatic carbocycles. The third kappa shape index (κ3) is 4.06. The van der Waals surface area contributed by atoms with Crippen LogP contribution in [0.4, 0.5) is 0 Å². The first-order valence-electron chi connectivity index (χ1n) is 7.09. The van der Waals surface area contributed by atoms with Gasteiger partial charge in [0, 0.05) is 6.42 Å². The van der Waals surface area contributed by atoms with Crippen LogP contribution in [0.1, 0.15) is 24.4 Å². The van der Waals surface area contributed by atoms with Crippen LogP contribution in [-0.2, 0) is 19.1 Å². The van der Waals surface area contributed by atoms with Crippen LogP contribution in [0.25, 0.3) is 10.8 Å². The molecule has 120 valence electrons. The van der Waals surface area contributed by atoms with E-state index in [-0.39, 0.29) is 12.8 Å². The van der Waals surface area contributed by atoms with E-state index in [0.29, 0.717) is 5.56 Å². The van der Waals surface area contributed by atoms with E-state index in [0.717, 1.165) is 10.8 Å². The van der Waals surface area contributed by atoms with Crippen LogP contribution in [-0.4, -0.2) is 30.1 Å². The average Bonchev–Trinajstić information content (AvgIpc) is 2.56. The van der Waals surface area contributed by atoms with Crippen LogP contribution in [0.5, 0.6) is 0 Å². The van der Waals surface area contributed by atoms with Crippen LogP contribution in [0.3, 0.4) is 0 Å². The number of fused-ring (bicyclic) bond motifs is 1. The van der Waals surface area contributed by atoms with Crippen molar-refractivity contribution in [2.75, 3.05) is 7.11 Å². The lowest BCUT2D eigenvalue weighted by Gasteiger charge is -2.18. The summed E-state index contributed by atoms with van der Waals surface area (Å²) >= 11 is 0. The Hall–Kier alpha value is -2.89. The van der Waals surface area contributed by atoms with Crippen LogP contribution in [0.2, 0.25) is 0 Å². The topological polar surface area (TPSA) is 92.7 Å². The molecule has 0 spiro atoms. The van der Waals surface area contributed by atoms with Crippen LogP contribution in [0.15, 0.2) is 42.5 Å². The smallest absolute Gasteiger partial charge is 0.333 e. The Morgan fingerprint density at radius 3 is 2.48 bits per heavy atom. The molecule has 0 radical (unpaired) electrons. The number of esters is 1. The SMILES string of the molecule is COC(=O)C(NC(=O)CCC(=O)O)c1cccc2ccccc12. The maximum absolute atomic E-state index is 12.1. The molecule has 1 unspecified atom stereocenters. The lowest BCUT2D eigenvalue weighted by Crippen LogP contribution is -2.34. The molecule has 2 rings (SSSR count). The van der Waals surface area contributed by atoms with E-state index in [1.807, 2.05) is 30.3 Å². The summed E-state index contributed by atoms with van der Waals surface area (Å²) < 4.78 is 4.77. The number of methoxy groups -OCH3 is 1. The van der Waals surface area contributed by atoms with Gasteiger partial charge >= 0.3 is 11.9 Å². The Morgan fingerprint density at radius 1 is 1.09 bits per heavy atom. The second-order valence-corrected chi connectivity index (χ2v) is 4.99. The highest BCUT2D eigenvalue weighted by Crippen LogP contribution is 2.25. The van der Waals surface area contributed by atoms with E-state index in [4.69, 9.17) is 9.84 Å². The third-order valence-electron chi connectivity index (χ3n) is 3.44. The zero-order chi connectivity index (χ0) is 16.8. The van der Waals surface area contributed by atoms with Crippen molar-refractivity contribution in [1.82, 2.24) is 5.32 Å². The summed E-state index contributed by atoms with van der Waals surface area (Å²) in [6.07, 6.45) is -0.497. The lowest BCUT2D eigenvalue weighted by atomic mass is 9.98. The summed E-state index contributed by atoms with van der Waals surface area (Å²) in [7, 11) is 1.24. The number of ether oxygens (including phenoxy) is 1. The number of hydrogen-bond acceptors (Lipinski definition) is 4. The molecule has 23 heavy (non-hydrogen) atoms. The second-order valence-electron chi connectivity index (χ2n) is 4.99. The molecule has 2 N–H and O–H groups in total. The molecular weight excluding hydrogens is 298 g/mol. The summed E-state index contributed by atoms with van der Waals surface area (Å²) in [4.78, 5) is 34.5. The summed E-state index contributed by atoms with van der Waals surface area (Å²) in [5, 5.41) is 12.9. The molecule has 1 atom stereocenters. The number of aliphatic carboxylic acids is 1. The third-order valence-corrected chi connectivity index (χ3v) is 3.44. The Kier molecular flexibility index (Phi) is 5.30. The van der Waals surface area contributed by atoms with Crippen molar-refractivity contribution in [2.24, 2.45) is 0 Å². The maximum Gasteiger partial charge on any atom is 0.333 e. The van der Waals surface area contributed by atoms with Crippen molar-refractivity contribution < 1.29 is 24.2 Å². The highest BCUT2D eigenvalue weighted by Gasteiger charge is 2.25. The van der Waals surface area contributed by atoms with Crippen molar-refractivity contribution in [3.8, 4) is 0 Å². The number of rotatable bonds is 6. The lowest BCUT2D eigenvalue weighted by molar-refractivity contribution is -0.145. The summed E-state index contributed by atoms with van der Waals surface area (Å²) in [5.41, 5.74) is 0.610. The van der Waals surface area contributed by atoms with Crippen molar-refractivity contribution >= 4 is 28.6 Å². The second kappa shape index (κ2) is 7.40. The van der Waals surface area contributed by atoms with Gasteiger partial charge in [0.2, 0.25) is 5.91 Å². The zero-order valence-corrected chi connectivity index (χ0v) is 12.6. The monoisotopic (exact) mass is 315 g/mol. The first kappa shape index (κ1) is 16.5. The van der Waals surface area contributed by atoms with E-state index in [9.17, 15) is 14.4 Å². The molecule has 0 aliphatic rings. The Morgan fingerprint density at radius 2 is 1.78 bits per heavy atom. The van der Waals surface area contributed by atoms with Gasteiger partial charge in [-0.25, -0.2) is 4.79 Å². The average molecular weight is 315 g/mol. The predicted octanol–water partition coefficient (Wildman–Crippen LogP) is 2.03. The molecule has 1 amide bonds. The largest absolute Gasteiger partial charge is 0.481 e. The summed E-state index contributed by atoms with van der Waals surface area (Å²) in [6.45, 7) is 0. The van der Waals surface area contributed by atoms with Crippen LogP contribution < -0.4 is 5.32 Å². The standard InChI is InChI=1S/C17H17NO5/c1-23-17(22)16(18-14(19)9-10-15(20)21)13-8-4-6-11-5-2-3-7-12(11)13/h2-8,16H,9-10H2,1H3,(H,18,19)(H,20,21). The highest BCUT2D eigenvalue weighted by molar-refractivity contribution is 5.93. The number of carbonyl (C=O) groups is 3. The van der Waals surface area contributed by atoms with Gasteiger partial charge in [-0.15, -0.1) is 0 Å². The zero-order valence-electron chi connectivity index (χ0n) is 12.6. The quantitative estimate of drug-likeness (QED) is 0.796. The number of carboxylic acids is 1. The number of amides is 1. The summed E-state index contributed by atoms with van der Waals surface area (Å²) in [5.74, 6) is -2.19. The predicted molar refractivity (Wildman–Crippen MR) is 83.7 cm³/mol. The fourth-order valence-electron chi connectivity index (χ4n) is 2.34. The molecule has 2 aromatic rings. The minimum atomic E-state index is -1.07. The molecule has 0 saturated heterocycles. The number of carbonyl (C=O) groups excluding carboxylic acids is 2. The van der Waals surface area contributed by atoms with Gasteiger partial charge in [0.25, 0.3) is 0 Å². The molecular formula is C17H17NO5. The summed E-state index contributed by atoms with van der Waals surface area (Å²) in [6, 6.07) is 11.9. The van der Waals surface area contributed by atoms with Gasteiger partial charge in [0.15, 0.2) is 6.04 Å². The van der Waals surface area contributed by atoms with E-state index >= 15 is 0 Å². The molecule has 0 bridgehead atoms. The minimum absolute atomic E-state index is 0.201. The number of benzene rings is 2. The molecule has 6 heteroatoms. The molecule has 0 saturated carbocycles. The van der Waals surface area contributed by atoms with Crippen molar-refractivity contribution in [3.63, 3.8) is 0 Å². The number of nitrogens with one attached hydrogen (secondary N) is 1. The van der Waals surface area contributed by atoms with E-state index < -0.39 is 23.9 Å². The van der Waals surface area contributed by atoms with Gasteiger partial charge < -0.3 is 15.2 Å². The normalized spacial score (nSPS) is 11.7. The van der Waals surface area contributed by atoms with Gasteiger partial charge in [-0.1, -0.05) is 42.5 Å². The molecule has 0 aromatic heterocycles. The molecule has 6 nitrogen and oxygen atoms in total. The van der Waals surface area contributed by atoms with E-state index in [1.165, 1.54) is 7.11 Å². The Balaban J connectivity index is 2.32. The molecule has 2 aromatic carbocycles. The van der Waals surface area contributed by atoms with Crippen LogP contribution in [0, 0.1) is 0 Å². The first-order chi connectivity index (χ1) is 11.0. The minimum Gasteiger partial charge on any atom is -0.481 e. The van der Waals surface area contributed by atoms with Gasteiger partial charge in [-0.2, -0.15) is 0 Å².